The molecule has 3 heterocycles. The summed E-state index contributed by atoms with van der Waals surface area (Å²) in [7, 11) is 0. The van der Waals surface area contributed by atoms with Gasteiger partial charge >= 0.3 is 6.18 Å². The highest BCUT2D eigenvalue weighted by molar-refractivity contribution is 7.16. The Morgan fingerprint density at radius 3 is 2.65 bits per heavy atom. The smallest absolute Gasteiger partial charge is 0.378 e. The second-order valence-corrected chi connectivity index (χ2v) is 7.95. The summed E-state index contributed by atoms with van der Waals surface area (Å²) in [5.41, 5.74) is 0.419. The van der Waals surface area contributed by atoms with Gasteiger partial charge in [-0.3, -0.25) is 4.79 Å². The second kappa shape index (κ2) is 9.03. The highest BCUT2D eigenvalue weighted by atomic mass is 32.1. The van der Waals surface area contributed by atoms with Crippen molar-refractivity contribution >= 4 is 23.1 Å². The van der Waals surface area contributed by atoms with Crippen molar-refractivity contribution in [1.82, 2.24) is 15.3 Å². The van der Waals surface area contributed by atoms with Crippen molar-refractivity contribution in [3.05, 3.63) is 64.8 Å². The second-order valence-electron chi connectivity index (χ2n) is 6.91. The number of hydrogen-bond acceptors (Lipinski definition) is 6. The van der Waals surface area contributed by atoms with Gasteiger partial charge < -0.3 is 15.0 Å². The summed E-state index contributed by atoms with van der Waals surface area (Å²) in [5, 5.41) is 3.28. The van der Waals surface area contributed by atoms with E-state index >= 15 is 0 Å². The van der Waals surface area contributed by atoms with Gasteiger partial charge in [0, 0.05) is 31.4 Å². The van der Waals surface area contributed by atoms with Crippen molar-refractivity contribution in [1.29, 1.82) is 0 Å². The molecule has 6 nitrogen and oxygen atoms in total. The van der Waals surface area contributed by atoms with Crippen LogP contribution in [0.2, 0.25) is 0 Å². The number of morpholine rings is 1. The van der Waals surface area contributed by atoms with Crippen molar-refractivity contribution < 1.29 is 22.7 Å². The predicted octanol–water partition coefficient (Wildman–Crippen LogP) is 3.99. The maximum absolute atomic E-state index is 12.8. The molecule has 1 amide bonds. The van der Waals surface area contributed by atoms with Gasteiger partial charge in [0.1, 0.15) is 15.7 Å². The zero-order valence-electron chi connectivity index (χ0n) is 16.4. The van der Waals surface area contributed by atoms with Gasteiger partial charge in [-0.05, 0) is 29.8 Å². The molecule has 3 aromatic rings. The molecule has 4 rings (SSSR count). The zero-order valence-corrected chi connectivity index (χ0v) is 17.2. The number of ether oxygens (including phenoxy) is 1. The van der Waals surface area contributed by atoms with Crippen LogP contribution in [0.15, 0.2) is 48.8 Å². The van der Waals surface area contributed by atoms with Crippen molar-refractivity contribution in [2.75, 3.05) is 31.2 Å². The van der Waals surface area contributed by atoms with Crippen molar-refractivity contribution in [2.45, 2.75) is 12.7 Å². The highest BCUT2D eigenvalue weighted by Crippen LogP contribution is 2.30. The van der Waals surface area contributed by atoms with E-state index in [2.05, 4.69) is 20.2 Å². The Hall–Kier alpha value is -2.98. The summed E-state index contributed by atoms with van der Waals surface area (Å²) in [5.74, 6) is 0.474. The molecule has 0 saturated carbocycles. The van der Waals surface area contributed by atoms with Crippen LogP contribution >= 0.6 is 11.3 Å². The molecule has 0 unspecified atom stereocenters. The number of alkyl halides is 3. The summed E-state index contributed by atoms with van der Waals surface area (Å²) in [6.45, 7) is 2.93. The van der Waals surface area contributed by atoms with E-state index in [1.54, 1.807) is 6.20 Å². The monoisotopic (exact) mass is 448 g/mol. The van der Waals surface area contributed by atoms with E-state index in [1.807, 2.05) is 12.1 Å². The summed E-state index contributed by atoms with van der Waals surface area (Å²) < 4.78 is 43.8. The van der Waals surface area contributed by atoms with Crippen molar-refractivity contribution in [3.63, 3.8) is 0 Å². The molecular formula is C21H19F3N4O2S. The van der Waals surface area contributed by atoms with Gasteiger partial charge in [-0.1, -0.05) is 12.1 Å². The number of thiazole rings is 1. The van der Waals surface area contributed by atoms with Crippen LogP contribution in [0.4, 0.5) is 19.0 Å². The third kappa shape index (κ3) is 5.20. The molecule has 1 aliphatic rings. The van der Waals surface area contributed by atoms with Crippen molar-refractivity contribution in [3.8, 4) is 10.6 Å². The summed E-state index contributed by atoms with van der Waals surface area (Å²) in [4.78, 5) is 23.7. The first-order chi connectivity index (χ1) is 14.9. The van der Waals surface area contributed by atoms with E-state index in [1.165, 1.54) is 29.7 Å². The molecule has 1 aromatic carbocycles. The number of pyridine rings is 1. The third-order valence-electron chi connectivity index (χ3n) is 4.77. The van der Waals surface area contributed by atoms with E-state index in [4.69, 9.17) is 4.74 Å². The number of hydrogen-bond donors (Lipinski definition) is 1. The Balaban J connectivity index is 1.38. The zero-order chi connectivity index (χ0) is 21.8. The number of carbonyl (C=O) groups is 1. The number of amides is 1. The Morgan fingerprint density at radius 2 is 1.94 bits per heavy atom. The minimum atomic E-state index is -4.42. The number of anilines is 1. The largest absolute Gasteiger partial charge is 0.416 e. The molecular weight excluding hydrogens is 429 g/mol. The molecule has 0 spiro atoms. The topological polar surface area (TPSA) is 67.4 Å². The fourth-order valence-electron chi connectivity index (χ4n) is 3.13. The molecule has 0 radical (unpaired) electrons. The molecule has 0 bridgehead atoms. The van der Waals surface area contributed by atoms with Crippen LogP contribution in [0, 0.1) is 0 Å². The van der Waals surface area contributed by atoms with Crippen LogP contribution in [0.25, 0.3) is 10.6 Å². The van der Waals surface area contributed by atoms with Crippen LogP contribution in [-0.2, 0) is 17.5 Å². The van der Waals surface area contributed by atoms with Gasteiger partial charge in [0.15, 0.2) is 0 Å². The Morgan fingerprint density at radius 1 is 1.13 bits per heavy atom. The number of nitrogens with zero attached hydrogens (tertiary/aromatic N) is 3. The van der Waals surface area contributed by atoms with Crippen LogP contribution < -0.4 is 10.2 Å². The normalized spacial score (nSPS) is 14.5. The highest BCUT2D eigenvalue weighted by Gasteiger charge is 2.30. The van der Waals surface area contributed by atoms with Gasteiger partial charge in [-0.25, -0.2) is 9.97 Å². The number of aromatic nitrogens is 2. The van der Waals surface area contributed by atoms with Gasteiger partial charge in [-0.2, -0.15) is 13.2 Å². The maximum atomic E-state index is 12.8. The van der Waals surface area contributed by atoms with Crippen LogP contribution in [-0.4, -0.2) is 42.2 Å². The molecule has 0 atom stereocenters. The van der Waals surface area contributed by atoms with Gasteiger partial charge in [0.05, 0.1) is 25.0 Å². The molecule has 1 N–H and O–H groups in total. The Bertz CT molecular complexity index is 1050. The maximum Gasteiger partial charge on any atom is 0.416 e. The fraction of sp³-hybridized carbons (Fsp3) is 0.286. The van der Waals surface area contributed by atoms with Crippen LogP contribution in [0.5, 0.6) is 0 Å². The number of carbonyl (C=O) groups excluding carboxylic acids is 1. The lowest BCUT2D eigenvalue weighted by molar-refractivity contribution is -0.137. The Labute approximate surface area is 180 Å². The lowest BCUT2D eigenvalue weighted by Gasteiger charge is -2.27. The van der Waals surface area contributed by atoms with Crippen LogP contribution in [0.1, 0.15) is 20.8 Å². The van der Waals surface area contributed by atoms with E-state index in [0.717, 1.165) is 36.6 Å². The lowest BCUT2D eigenvalue weighted by Crippen LogP contribution is -2.36. The Kier molecular flexibility index (Phi) is 6.19. The molecule has 1 aliphatic heterocycles. The average Bonchev–Trinajstić information content (AvgIpc) is 3.28. The van der Waals surface area contributed by atoms with E-state index < -0.39 is 11.7 Å². The fourth-order valence-corrected chi connectivity index (χ4v) is 3.95. The molecule has 0 aliphatic carbocycles. The number of halogens is 3. The van der Waals surface area contributed by atoms with E-state index in [0.29, 0.717) is 28.7 Å². The van der Waals surface area contributed by atoms with Crippen molar-refractivity contribution in [2.24, 2.45) is 0 Å². The van der Waals surface area contributed by atoms with Crippen LogP contribution in [0.3, 0.4) is 0 Å². The van der Waals surface area contributed by atoms with Gasteiger partial charge in [-0.15, -0.1) is 11.3 Å². The first kappa shape index (κ1) is 21.3. The minimum Gasteiger partial charge on any atom is -0.378 e. The quantitative estimate of drug-likeness (QED) is 0.639. The molecule has 10 heteroatoms. The minimum absolute atomic E-state index is 0.00815. The predicted molar refractivity (Wildman–Crippen MR) is 111 cm³/mol. The molecule has 31 heavy (non-hydrogen) atoms. The third-order valence-corrected chi connectivity index (χ3v) is 5.81. The lowest BCUT2D eigenvalue weighted by atomic mass is 10.1. The molecule has 2 aromatic heterocycles. The molecule has 1 fully saturated rings. The average molecular weight is 448 g/mol. The number of nitrogens with one attached hydrogen (secondary N) is 1. The summed E-state index contributed by atoms with van der Waals surface area (Å²) in [6, 6.07) is 8.70. The van der Waals surface area contributed by atoms with Gasteiger partial charge in [0.2, 0.25) is 0 Å². The number of benzene rings is 1. The summed E-state index contributed by atoms with van der Waals surface area (Å²) in [6.07, 6.45) is -1.25. The standard InChI is InChI=1S/C21H19F3N4O2S/c22-21(23,24)16-3-1-2-14(10-16)11-26-19(29)17-13-27-20(31-17)15-4-5-18(25-12-15)28-6-8-30-9-7-28/h1-5,10,12-13H,6-9,11H2,(H,26,29). The van der Waals surface area contributed by atoms with E-state index in [-0.39, 0.29) is 12.5 Å². The van der Waals surface area contributed by atoms with E-state index in [9.17, 15) is 18.0 Å². The molecule has 162 valence electrons. The first-order valence-corrected chi connectivity index (χ1v) is 10.4. The van der Waals surface area contributed by atoms with Gasteiger partial charge in [0.25, 0.3) is 5.91 Å². The first-order valence-electron chi connectivity index (χ1n) is 9.59. The SMILES string of the molecule is O=C(NCc1cccc(C(F)(F)F)c1)c1cnc(-c2ccc(N3CCOCC3)nc2)s1. The number of rotatable bonds is 5. The summed E-state index contributed by atoms with van der Waals surface area (Å²) >= 11 is 1.20. The molecule has 1 saturated heterocycles.